The van der Waals surface area contributed by atoms with Gasteiger partial charge in [0.2, 0.25) is 10.0 Å². The minimum absolute atomic E-state index is 0.0543. The van der Waals surface area contributed by atoms with Gasteiger partial charge in [0.25, 0.3) is 5.91 Å². The summed E-state index contributed by atoms with van der Waals surface area (Å²) in [5.41, 5.74) is 1.00. The number of nitrogens with one attached hydrogen (secondary N) is 2. The molecule has 0 atom stereocenters. The number of thiazole rings is 1. The highest BCUT2D eigenvalue weighted by molar-refractivity contribution is 7.92. The van der Waals surface area contributed by atoms with Crippen molar-refractivity contribution in [2.45, 2.75) is 0 Å². The van der Waals surface area contributed by atoms with Crippen LogP contribution in [0.15, 0.2) is 42.5 Å². The average molecular weight is 365 g/mol. The maximum absolute atomic E-state index is 13.6. The molecule has 6 nitrogen and oxygen atoms in total. The number of rotatable bonds is 4. The van der Waals surface area contributed by atoms with E-state index in [1.165, 1.54) is 18.2 Å². The van der Waals surface area contributed by atoms with Gasteiger partial charge in [0.1, 0.15) is 5.82 Å². The van der Waals surface area contributed by atoms with Gasteiger partial charge >= 0.3 is 0 Å². The van der Waals surface area contributed by atoms with Crippen LogP contribution in [0.25, 0.3) is 10.2 Å². The number of hydrogen-bond donors (Lipinski definition) is 2. The third kappa shape index (κ3) is 3.69. The van der Waals surface area contributed by atoms with Crippen LogP contribution in [-0.2, 0) is 10.0 Å². The Morgan fingerprint density at radius 2 is 1.96 bits per heavy atom. The molecule has 124 valence electrons. The van der Waals surface area contributed by atoms with Crippen LogP contribution in [0, 0.1) is 5.82 Å². The molecule has 0 bridgehead atoms. The van der Waals surface area contributed by atoms with Gasteiger partial charge in [-0.2, -0.15) is 0 Å². The van der Waals surface area contributed by atoms with Gasteiger partial charge in [-0.1, -0.05) is 23.5 Å². The smallest absolute Gasteiger partial charge is 0.258 e. The monoisotopic (exact) mass is 365 g/mol. The minimum atomic E-state index is -3.41. The topological polar surface area (TPSA) is 88.2 Å². The van der Waals surface area contributed by atoms with E-state index in [2.05, 4.69) is 15.0 Å². The number of aromatic nitrogens is 1. The molecule has 0 unspecified atom stereocenters. The van der Waals surface area contributed by atoms with Gasteiger partial charge in [-0.3, -0.25) is 9.52 Å². The minimum Gasteiger partial charge on any atom is -0.322 e. The SMILES string of the molecule is CS(=O)(=O)Nc1nc2ccc(NC(=O)c3ccccc3F)cc2s1. The molecule has 0 fully saturated rings. The molecule has 0 radical (unpaired) electrons. The lowest BCUT2D eigenvalue weighted by atomic mass is 10.2. The number of carbonyl (C=O) groups is 1. The quantitative estimate of drug-likeness (QED) is 0.744. The second-order valence-corrected chi connectivity index (χ2v) is 7.79. The van der Waals surface area contributed by atoms with Gasteiger partial charge in [0.15, 0.2) is 5.13 Å². The molecule has 0 aliphatic heterocycles. The summed E-state index contributed by atoms with van der Waals surface area (Å²) in [5, 5.41) is 2.85. The third-order valence-corrected chi connectivity index (χ3v) is 4.66. The zero-order valence-corrected chi connectivity index (χ0v) is 14.0. The number of hydrogen-bond acceptors (Lipinski definition) is 5. The number of carbonyl (C=O) groups excluding carboxylic acids is 1. The lowest BCUT2D eigenvalue weighted by Gasteiger charge is -2.05. The Labute approximate surface area is 141 Å². The molecule has 0 aliphatic rings. The number of benzene rings is 2. The molecule has 3 rings (SSSR count). The van der Waals surface area contributed by atoms with Crippen molar-refractivity contribution in [3.05, 3.63) is 53.8 Å². The zero-order valence-electron chi connectivity index (χ0n) is 12.4. The fraction of sp³-hybridized carbons (Fsp3) is 0.0667. The summed E-state index contributed by atoms with van der Waals surface area (Å²) in [5.74, 6) is -1.17. The normalized spacial score (nSPS) is 11.4. The Kier molecular flexibility index (Phi) is 4.20. The van der Waals surface area contributed by atoms with Gasteiger partial charge in [0, 0.05) is 5.69 Å². The van der Waals surface area contributed by atoms with Gasteiger partial charge in [-0.15, -0.1) is 0 Å². The van der Waals surface area contributed by atoms with E-state index >= 15 is 0 Å². The van der Waals surface area contributed by atoms with Crippen molar-refractivity contribution in [3.8, 4) is 0 Å². The summed E-state index contributed by atoms with van der Waals surface area (Å²) >= 11 is 1.14. The summed E-state index contributed by atoms with van der Waals surface area (Å²) < 4.78 is 39.1. The van der Waals surface area contributed by atoms with Crippen molar-refractivity contribution < 1.29 is 17.6 Å². The Morgan fingerprint density at radius 3 is 2.67 bits per heavy atom. The Morgan fingerprint density at radius 1 is 1.21 bits per heavy atom. The number of fused-ring (bicyclic) bond motifs is 1. The predicted molar refractivity (Wildman–Crippen MR) is 92.4 cm³/mol. The first-order valence-electron chi connectivity index (χ1n) is 6.76. The van der Waals surface area contributed by atoms with Gasteiger partial charge in [-0.25, -0.2) is 17.8 Å². The van der Waals surface area contributed by atoms with Gasteiger partial charge in [0.05, 0.1) is 22.0 Å². The van der Waals surface area contributed by atoms with Crippen molar-refractivity contribution in [2.75, 3.05) is 16.3 Å². The number of nitrogens with zero attached hydrogens (tertiary/aromatic N) is 1. The second kappa shape index (κ2) is 6.17. The molecule has 2 N–H and O–H groups in total. The highest BCUT2D eigenvalue weighted by Crippen LogP contribution is 2.29. The summed E-state index contributed by atoms with van der Waals surface area (Å²) in [6.07, 6.45) is 1.04. The largest absolute Gasteiger partial charge is 0.322 e. The van der Waals surface area contributed by atoms with E-state index < -0.39 is 21.7 Å². The molecule has 1 aromatic heterocycles. The van der Waals surface area contributed by atoms with Crippen molar-refractivity contribution >= 4 is 48.3 Å². The third-order valence-electron chi connectivity index (χ3n) is 3.04. The molecular weight excluding hydrogens is 353 g/mol. The molecule has 0 spiro atoms. The Balaban J connectivity index is 1.86. The van der Waals surface area contributed by atoms with E-state index in [0.717, 1.165) is 17.6 Å². The molecule has 2 aromatic carbocycles. The summed E-state index contributed by atoms with van der Waals surface area (Å²) in [4.78, 5) is 16.3. The first kappa shape index (κ1) is 16.3. The molecule has 1 heterocycles. The first-order chi connectivity index (χ1) is 11.3. The molecule has 9 heteroatoms. The lowest BCUT2D eigenvalue weighted by Crippen LogP contribution is -2.13. The molecular formula is C15H12FN3O3S2. The van der Waals surface area contributed by atoms with Crippen LogP contribution in [0.2, 0.25) is 0 Å². The number of halogens is 1. The summed E-state index contributed by atoms with van der Waals surface area (Å²) in [6.45, 7) is 0. The summed E-state index contributed by atoms with van der Waals surface area (Å²) in [7, 11) is -3.41. The van der Waals surface area contributed by atoms with Crippen LogP contribution in [-0.4, -0.2) is 25.6 Å². The van der Waals surface area contributed by atoms with Crippen LogP contribution in [0.4, 0.5) is 15.2 Å². The number of amides is 1. The highest BCUT2D eigenvalue weighted by Gasteiger charge is 2.13. The fourth-order valence-electron chi connectivity index (χ4n) is 2.05. The van der Waals surface area contributed by atoms with Crippen LogP contribution in [0.5, 0.6) is 0 Å². The first-order valence-corrected chi connectivity index (χ1v) is 9.47. The summed E-state index contributed by atoms with van der Waals surface area (Å²) in [6, 6.07) is 10.6. The number of anilines is 2. The van der Waals surface area contributed by atoms with E-state index in [1.807, 2.05) is 0 Å². The van der Waals surface area contributed by atoms with Crippen LogP contribution in [0.1, 0.15) is 10.4 Å². The van der Waals surface area contributed by atoms with Crippen LogP contribution >= 0.6 is 11.3 Å². The molecule has 0 saturated carbocycles. The average Bonchev–Trinajstić information content (AvgIpc) is 2.86. The highest BCUT2D eigenvalue weighted by atomic mass is 32.2. The standard InChI is InChI=1S/C15H12FN3O3S2/c1-24(21,22)19-15-18-12-7-6-9(8-13(12)23-15)17-14(20)10-4-2-3-5-11(10)16/h2-8H,1H3,(H,17,20)(H,18,19). The van der Waals surface area contributed by atoms with E-state index in [0.29, 0.717) is 15.9 Å². The van der Waals surface area contributed by atoms with E-state index in [4.69, 9.17) is 0 Å². The van der Waals surface area contributed by atoms with E-state index in [1.54, 1.807) is 24.3 Å². The maximum Gasteiger partial charge on any atom is 0.258 e. The Bertz CT molecular complexity index is 1030. The maximum atomic E-state index is 13.6. The van der Waals surface area contributed by atoms with E-state index in [-0.39, 0.29) is 10.7 Å². The van der Waals surface area contributed by atoms with Crippen molar-refractivity contribution in [1.82, 2.24) is 4.98 Å². The van der Waals surface area contributed by atoms with Crippen LogP contribution < -0.4 is 10.0 Å². The molecule has 1 amide bonds. The van der Waals surface area contributed by atoms with Crippen molar-refractivity contribution in [3.63, 3.8) is 0 Å². The molecule has 3 aromatic rings. The number of sulfonamides is 1. The fourth-order valence-corrected chi connectivity index (χ4v) is 3.79. The van der Waals surface area contributed by atoms with Gasteiger partial charge in [-0.05, 0) is 30.3 Å². The Hall–Kier alpha value is -2.52. The molecule has 0 aliphatic carbocycles. The molecule has 0 saturated heterocycles. The zero-order chi connectivity index (χ0) is 17.3. The van der Waals surface area contributed by atoms with E-state index in [9.17, 15) is 17.6 Å². The molecule has 24 heavy (non-hydrogen) atoms. The van der Waals surface area contributed by atoms with Crippen LogP contribution in [0.3, 0.4) is 0 Å². The predicted octanol–water partition coefficient (Wildman–Crippen LogP) is 3.06. The van der Waals surface area contributed by atoms with Gasteiger partial charge < -0.3 is 5.32 Å². The second-order valence-electron chi connectivity index (χ2n) is 5.01. The lowest BCUT2D eigenvalue weighted by molar-refractivity contribution is 0.102. The van der Waals surface area contributed by atoms with Crippen molar-refractivity contribution in [2.24, 2.45) is 0 Å². The van der Waals surface area contributed by atoms with Crippen molar-refractivity contribution in [1.29, 1.82) is 0 Å².